The minimum atomic E-state index is -0.142. The molecule has 2 saturated carbocycles. The lowest BCUT2D eigenvalue weighted by atomic mass is 9.73. The quantitative estimate of drug-likeness (QED) is 0.506. The first kappa shape index (κ1) is 18.2. The maximum absolute atomic E-state index is 15.0. The van der Waals surface area contributed by atoms with Crippen LogP contribution in [0.25, 0.3) is 16.0 Å². The summed E-state index contributed by atoms with van der Waals surface area (Å²) in [6.45, 7) is 2.27. The summed E-state index contributed by atoms with van der Waals surface area (Å²) in [5.74, 6) is 1.11. The average Bonchev–Trinajstić information content (AvgIpc) is 3.05. The molecular weight excluding hydrogens is 367 g/mol. The van der Waals surface area contributed by atoms with E-state index < -0.39 is 0 Å². The predicted molar refractivity (Wildman–Crippen MR) is 115 cm³/mol. The molecule has 0 aliphatic heterocycles. The fourth-order valence-electron chi connectivity index (χ4n) is 4.43. The summed E-state index contributed by atoms with van der Waals surface area (Å²) in [6.07, 6.45) is 13.6. The molecule has 2 aromatic rings. The van der Waals surface area contributed by atoms with E-state index in [1.807, 2.05) is 18.2 Å². The number of allylic oxidation sites excluding steroid dienone is 4. The third-order valence-electron chi connectivity index (χ3n) is 6.66. The first-order valence-electron chi connectivity index (χ1n) is 10.6. The van der Waals surface area contributed by atoms with Gasteiger partial charge in [-0.15, -0.1) is 0 Å². The zero-order valence-electron chi connectivity index (χ0n) is 16.4. The van der Waals surface area contributed by atoms with Gasteiger partial charge in [-0.25, -0.2) is 4.39 Å². The zero-order chi connectivity index (χ0) is 19.1. The van der Waals surface area contributed by atoms with Gasteiger partial charge in [-0.2, -0.15) is 0 Å². The van der Waals surface area contributed by atoms with Gasteiger partial charge in [0.05, 0.1) is 6.10 Å². The van der Waals surface area contributed by atoms with Crippen LogP contribution >= 0.6 is 11.3 Å². The van der Waals surface area contributed by atoms with Gasteiger partial charge in [0.25, 0.3) is 0 Å². The summed E-state index contributed by atoms with van der Waals surface area (Å²) >= 11 is 1.55. The number of halogens is 1. The van der Waals surface area contributed by atoms with Gasteiger partial charge in [-0.05, 0) is 79.7 Å². The van der Waals surface area contributed by atoms with E-state index >= 15 is 0 Å². The van der Waals surface area contributed by atoms with Crippen molar-refractivity contribution in [1.82, 2.24) is 0 Å². The van der Waals surface area contributed by atoms with Crippen molar-refractivity contribution in [3.63, 3.8) is 0 Å². The van der Waals surface area contributed by atoms with Crippen LogP contribution in [-0.4, -0.2) is 6.10 Å². The second-order valence-corrected chi connectivity index (χ2v) is 9.63. The van der Waals surface area contributed by atoms with Gasteiger partial charge >= 0.3 is 0 Å². The van der Waals surface area contributed by atoms with Crippen molar-refractivity contribution in [2.24, 2.45) is 11.8 Å². The molecule has 1 nitrogen and oxygen atoms in total. The molecule has 0 amide bonds. The molecule has 3 heteroatoms. The molecule has 0 bridgehead atoms. The molecule has 28 heavy (non-hydrogen) atoms. The highest BCUT2D eigenvalue weighted by Gasteiger charge is 2.26. The Morgan fingerprint density at radius 3 is 2.46 bits per heavy atom. The lowest BCUT2D eigenvalue weighted by Crippen LogP contribution is -2.23. The molecule has 146 valence electrons. The molecule has 0 N–H and O–H groups in total. The Bertz CT molecular complexity index is 930. The molecule has 5 rings (SSSR count). The van der Waals surface area contributed by atoms with Gasteiger partial charge < -0.3 is 4.74 Å². The predicted octanol–water partition coefficient (Wildman–Crippen LogP) is 7.64. The fourth-order valence-corrected chi connectivity index (χ4v) is 5.38. The first-order valence-corrected chi connectivity index (χ1v) is 11.5. The van der Waals surface area contributed by atoms with E-state index in [-0.39, 0.29) is 5.82 Å². The lowest BCUT2D eigenvalue weighted by Gasteiger charge is -2.32. The molecule has 0 saturated heterocycles. The lowest BCUT2D eigenvalue weighted by molar-refractivity contribution is 0.125. The molecule has 3 aliphatic carbocycles. The summed E-state index contributed by atoms with van der Waals surface area (Å²) < 4.78 is 20.9. The number of hydrogen-bond acceptors (Lipinski definition) is 2. The molecule has 1 unspecified atom stereocenters. The molecule has 3 aliphatic rings. The zero-order valence-corrected chi connectivity index (χ0v) is 17.2. The van der Waals surface area contributed by atoms with Gasteiger partial charge in [0.1, 0.15) is 5.82 Å². The smallest absolute Gasteiger partial charge is 0.174 e. The summed E-state index contributed by atoms with van der Waals surface area (Å²) in [5.41, 5.74) is 4.54. The highest BCUT2D eigenvalue weighted by atomic mass is 32.1. The number of thiophene rings is 1. The Labute approximate surface area is 170 Å². The molecule has 1 aromatic heterocycles. The van der Waals surface area contributed by atoms with Crippen molar-refractivity contribution < 1.29 is 9.13 Å². The van der Waals surface area contributed by atoms with E-state index in [0.717, 1.165) is 40.7 Å². The SMILES string of the molecule is CC1CC(C2CCC2)=CC=C1c1ccc(-c2ccc(OC3CCC3)s2)c(F)c1. The maximum atomic E-state index is 15.0. The van der Waals surface area contributed by atoms with Gasteiger partial charge in [-0.3, -0.25) is 0 Å². The summed E-state index contributed by atoms with van der Waals surface area (Å²) in [4.78, 5) is 0.941. The van der Waals surface area contributed by atoms with E-state index in [4.69, 9.17) is 4.74 Å². The van der Waals surface area contributed by atoms with Crippen LogP contribution in [0.3, 0.4) is 0 Å². The van der Waals surface area contributed by atoms with Crippen LogP contribution in [0.2, 0.25) is 0 Å². The molecule has 2 fully saturated rings. The van der Waals surface area contributed by atoms with E-state index in [2.05, 4.69) is 25.1 Å². The minimum absolute atomic E-state index is 0.142. The van der Waals surface area contributed by atoms with Crippen molar-refractivity contribution in [2.45, 2.75) is 58.0 Å². The van der Waals surface area contributed by atoms with Gasteiger partial charge in [-0.1, -0.05) is 54.5 Å². The van der Waals surface area contributed by atoms with Crippen LogP contribution in [0, 0.1) is 17.7 Å². The monoisotopic (exact) mass is 394 g/mol. The Hall–Kier alpha value is -1.87. The van der Waals surface area contributed by atoms with Crippen molar-refractivity contribution in [2.75, 3.05) is 0 Å². The number of benzene rings is 1. The van der Waals surface area contributed by atoms with Crippen LogP contribution in [0.15, 0.2) is 48.1 Å². The minimum Gasteiger partial charge on any atom is -0.481 e. The normalized spacial score (nSPS) is 22.9. The Kier molecular flexibility index (Phi) is 4.88. The van der Waals surface area contributed by atoms with Crippen LogP contribution in [0.1, 0.15) is 57.4 Å². The van der Waals surface area contributed by atoms with Crippen LogP contribution < -0.4 is 4.74 Å². The number of ether oxygens (including phenoxy) is 1. The summed E-state index contributed by atoms with van der Waals surface area (Å²) in [6, 6.07) is 9.68. The molecule has 0 spiro atoms. The van der Waals surface area contributed by atoms with E-state index in [1.54, 1.807) is 23.0 Å². The van der Waals surface area contributed by atoms with Crippen molar-refractivity contribution >= 4 is 16.9 Å². The van der Waals surface area contributed by atoms with Gasteiger partial charge in [0.2, 0.25) is 0 Å². The highest BCUT2D eigenvalue weighted by Crippen LogP contribution is 2.42. The maximum Gasteiger partial charge on any atom is 0.174 e. The Balaban J connectivity index is 1.36. The van der Waals surface area contributed by atoms with Gasteiger partial charge in [0, 0.05) is 10.4 Å². The Morgan fingerprint density at radius 2 is 1.82 bits per heavy atom. The molecule has 0 radical (unpaired) electrons. The van der Waals surface area contributed by atoms with Gasteiger partial charge in [0.15, 0.2) is 5.06 Å². The standard InChI is InChI=1S/C25H27FOS/c1-16-14-18(17-4-2-5-17)8-10-21(16)19-9-11-22(23(26)15-19)24-12-13-25(28-24)27-20-6-3-7-20/h8-13,15-17,20H,2-7,14H2,1H3. The topological polar surface area (TPSA) is 9.23 Å². The van der Waals surface area contributed by atoms with Crippen molar-refractivity contribution in [1.29, 1.82) is 0 Å². The highest BCUT2D eigenvalue weighted by molar-refractivity contribution is 7.17. The average molecular weight is 395 g/mol. The Morgan fingerprint density at radius 1 is 1.00 bits per heavy atom. The third-order valence-corrected chi connectivity index (χ3v) is 7.67. The fraction of sp³-hybridized carbons (Fsp3) is 0.440. The van der Waals surface area contributed by atoms with E-state index in [0.29, 0.717) is 17.6 Å². The van der Waals surface area contributed by atoms with Crippen LogP contribution in [0.5, 0.6) is 5.06 Å². The molecule has 1 heterocycles. The van der Waals surface area contributed by atoms with Crippen LogP contribution in [0.4, 0.5) is 4.39 Å². The summed E-state index contributed by atoms with van der Waals surface area (Å²) in [7, 11) is 0. The van der Waals surface area contributed by atoms with Crippen molar-refractivity contribution in [3.05, 3.63) is 59.4 Å². The molecule has 1 aromatic carbocycles. The third kappa shape index (κ3) is 3.45. The second-order valence-electron chi connectivity index (χ2n) is 8.58. The van der Waals surface area contributed by atoms with Crippen molar-refractivity contribution in [3.8, 4) is 15.5 Å². The molecular formula is C25H27FOS. The second kappa shape index (κ2) is 7.51. The first-order chi connectivity index (χ1) is 13.7. The van der Waals surface area contributed by atoms with E-state index in [9.17, 15) is 4.39 Å². The number of hydrogen-bond donors (Lipinski definition) is 0. The van der Waals surface area contributed by atoms with Crippen LogP contribution in [-0.2, 0) is 0 Å². The summed E-state index contributed by atoms with van der Waals surface area (Å²) in [5, 5.41) is 0.903. The largest absolute Gasteiger partial charge is 0.481 e. The number of rotatable bonds is 5. The van der Waals surface area contributed by atoms with E-state index in [1.165, 1.54) is 31.3 Å². The molecule has 1 atom stereocenters.